The standard InChI is InChI=1S/C10H7ClFNS/c11-8-2-1-3-9(12)7(8)6-10-13-4-5-14-10/h1-5H,6H2. The second-order valence-corrected chi connectivity index (χ2v) is 4.19. The van der Waals surface area contributed by atoms with Gasteiger partial charge < -0.3 is 0 Å². The third kappa shape index (κ3) is 1.94. The maximum absolute atomic E-state index is 13.3. The van der Waals surface area contributed by atoms with E-state index in [1.165, 1.54) is 17.4 Å². The van der Waals surface area contributed by atoms with Crippen molar-refractivity contribution in [2.75, 3.05) is 0 Å². The van der Waals surface area contributed by atoms with Crippen molar-refractivity contribution in [3.8, 4) is 0 Å². The summed E-state index contributed by atoms with van der Waals surface area (Å²) in [7, 11) is 0. The van der Waals surface area contributed by atoms with Gasteiger partial charge in [0.15, 0.2) is 0 Å². The second kappa shape index (κ2) is 4.07. The minimum absolute atomic E-state index is 0.271. The number of benzene rings is 1. The molecule has 0 aliphatic carbocycles. The zero-order chi connectivity index (χ0) is 9.97. The minimum atomic E-state index is -0.271. The Morgan fingerprint density at radius 1 is 1.43 bits per heavy atom. The van der Waals surface area contributed by atoms with Crippen LogP contribution in [0.3, 0.4) is 0 Å². The average Bonchev–Trinajstić information content (AvgIpc) is 2.64. The number of halogens is 2. The molecule has 0 aliphatic heterocycles. The molecule has 0 saturated heterocycles. The van der Waals surface area contributed by atoms with Crippen molar-refractivity contribution in [3.63, 3.8) is 0 Å². The molecule has 1 aromatic heterocycles. The molecular formula is C10H7ClFNS. The SMILES string of the molecule is Fc1cccc(Cl)c1Cc1nccs1. The predicted octanol–water partition coefficient (Wildman–Crippen LogP) is 3.53. The smallest absolute Gasteiger partial charge is 0.128 e. The number of hydrogen-bond acceptors (Lipinski definition) is 2. The van der Waals surface area contributed by atoms with Gasteiger partial charge in [0.05, 0.1) is 5.01 Å². The fraction of sp³-hybridized carbons (Fsp3) is 0.100. The fourth-order valence-corrected chi connectivity index (χ4v) is 2.05. The van der Waals surface area contributed by atoms with E-state index in [4.69, 9.17) is 11.6 Å². The number of rotatable bonds is 2. The summed E-state index contributed by atoms with van der Waals surface area (Å²) >= 11 is 7.38. The number of nitrogens with zero attached hydrogens (tertiary/aromatic N) is 1. The van der Waals surface area contributed by atoms with Crippen molar-refractivity contribution < 1.29 is 4.39 Å². The highest BCUT2D eigenvalue weighted by atomic mass is 35.5. The minimum Gasteiger partial charge on any atom is -0.249 e. The molecule has 4 heteroatoms. The van der Waals surface area contributed by atoms with Gasteiger partial charge in [0.25, 0.3) is 0 Å². The number of aromatic nitrogens is 1. The van der Waals surface area contributed by atoms with Crippen LogP contribution in [0, 0.1) is 5.82 Å². The summed E-state index contributed by atoms with van der Waals surface area (Å²) in [5.41, 5.74) is 0.518. The summed E-state index contributed by atoms with van der Waals surface area (Å²) in [4.78, 5) is 4.09. The zero-order valence-corrected chi connectivity index (χ0v) is 8.78. The van der Waals surface area contributed by atoms with Crippen LogP contribution in [-0.4, -0.2) is 4.98 Å². The third-order valence-corrected chi connectivity index (χ3v) is 3.01. The molecule has 0 aliphatic rings. The quantitative estimate of drug-likeness (QED) is 0.765. The van der Waals surface area contributed by atoms with Gasteiger partial charge in [-0.15, -0.1) is 11.3 Å². The molecule has 1 heterocycles. The molecule has 0 saturated carbocycles. The van der Waals surface area contributed by atoms with Crippen LogP contribution >= 0.6 is 22.9 Å². The van der Waals surface area contributed by atoms with E-state index in [9.17, 15) is 4.39 Å². The first-order valence-electron chi connectivity index (χ1n) is 4.08. The Labute approximate surface area is 90.2 Å². The Kier molecular flexibility index (Phi) is 2.79. The number of hydrogen-bond donors (Lipinski definition) is 0. The molecule has 14 heavy (non-hydrogen) atoms. The van der Waals surface area contributed by atoms with Gasteiger partial charge in [-0.25, -0.2) is 9.37 Å². The Morgan fingerprint density at radius 3 is 2.93 bits per heavy atom. The molecular weight excluding hydrogens is 221 g/mol. The van der Waals surface area contributed by atoms with Crippen molar-refractivity contribution in [2.45, 2.75) is 6.42 Å². The van der Waals surface area contributed by atoms with Crippen LogP contribution in [0.4, 0.5) is 4.39 Å². The van der Waals surface area contributed by atoms with Crippen LogP contribution in [-0.2, 0) is 6.42 Å². The van der Waals surface area contributed by atoms with Crippen LogP contribution in [0.25, 0.3) is 0 Å². The molecule has 72 valence electrons. The first kappa shape index (κ1) is 9.62. The van der Waals surface area contributed by atoms with Gasteiger partial charge in [-0.05, 0) is 12.1 Å². The molecule has 0 unspecified atom stereocenters. The van der Waals surface area contributed by atoms with Gasteiger partial charge in [0, 0.05) is 28.6 Å². The first-order valence-corrected chi connectivity index (χ1v) is 5.34. The summed E-state index contributed by atoms with van der Waals surface area (Å²) in [5.74, 6) is -0.271. The van der Waals surface area contributed by atoms with Crippen LogP contribution in [0.1, 0.15) is 10.6 Å². The highest BCUT2D eigenvalue weighted by Gasteiger charge is 2.08. The van der Waals surface area contributed by atoms with Crippen molar-refractivity contribution >= 4 is 22.9 Å². The lowest BCUT2D eigenvalue weighted by molar-refractivity contribution is 0.614. The fourth-order valence-electron chi connectivity index (χ4n) is 1.19. The van der Waals surface area contributed by atoms with E-state index >= 15 is 0 Å². The van der Waals surface area contributed by atoms with Crippen LogP contribution in [0.2, 0.25) is 5.02 Å². The summed E-state index contributed by atoms with van der Waals surface area (Å²) in [6.45, 7) is 0. The normalized spacial score (nSPS) is 10.4. The molecule has 1 aromatic carbocycles. The van der Waals surface area contributed by atoms with Crippen LogP contribution < -0.4 is 0 Å². The molecule has 0 fully saturated rings. The summed E-state index contributed by atoms with van der Waals surface area (Å²) in [6.07, 6.45) is 2.16. The van der Waals surface area contributed by atoms with E-state index in [1.54, 1.807) is 18.3 Å². The monoisotopic (exact) mass is 227 g/mol. The zero-order valence-electron chi connectivity index (χ0n) is 7.21. The molecule has 2 rings (SSSR count). The Bertz CT molecular complexity index is 407. The first-order chi connectivity index (χ1) is 6.77. The topological polar surface area (TPSA) is 12.9 Å². The number of thiazole rings is 1. The van der Waals surface area contributed by atoms with Gasteiger partial charge in [-0.1, -0.05) is 17.7 Å². The van der Waals surface area contributed by atoms with Gasteiger partial charge in [-0.2, -0.15) is 0 Å². The maximum Gasteiger partial charge on any atom is 0.128 e. The maximum atomic E-state index is 13.3. The molecule has 1 nitrogen and oxygen atoms in total. The van der Waals surface area contributed by atoms with Crippen LogP contribution in [0.5, 0.6) is 0 Å². The lowest BCUT2D eigenvalue weighted by atomic mass is 10.1. The largest absolute Gasteiger partial charge is 0.249 e. The Balaban J connectivity index is 2.33. The summed E-state index contributed by atoms with van der Waals surface area (Å²) < 4.78 is 13.3. The molecule has 0 radical (unpaired) electrons. The molecule has 0 bridgehead atoms. The Morgan fingerprint density at radius 2 is 2.29 bits per heavy atom. The van der Waals surface area contributed by atoms with Crippen molar-refractivity contribution in [1.82, 2.24) is 4.98 Å². The van der Waals surface area contributed by atoms with E-state index in [-0.39, 0.29) is 5.82 Å². The van der Waals surface area contributed by atoms with E-state index in [0.717, 1.165) is 5.01 Å². The highest BCUT2D eigenvalue weighted by Crippen LogP contribution is 2.22. The highest BCUT2D eigenvalue weighted by molar-refractivity contribution is 7.09. The van der Waals surface area contributed by atoms with Gasteiger partial charge in [-0.3, -0.25) is 0 Å². The third-order valence-electron chi connectivity index (χ3n) is 1.87. The predicted molar refractivity (Wildman–Crippen MR) is 56.3 cm³/mol. The van der Waals surface area contributed by atoms with E-state index in [0.29, 0.717) is 17.0 Å². The molecule has 0 N–H and O–H groups in total. The lowest BCUT2D eigenvalue weighted by Crippen LogP contribution is -1.92. The summed E-state index contributed by atoms with van der Waals surface area (Å²) in [6, 6.07) is 4.70. The van der Waals surface area contributed by atoms with E-state index in [1.807, 2.05) is 5.38 Å². The second-order valence-electron chi connectivity index (χ2n) is 2.80. The van der Waals surface area contributed by atoms with E-state index in [2.05, 4.69) is 4.98 Å². The average molecular weight is 228 g/mol. The van der Waals surface area contributed by atoms with E-state index < -0.39 is 0 Å². The molecule has 0 spiro atoms. The van der Waals surface area contributed by atoms with Crippen molar-refractivity contribution in [3.05, 3.63) is 51.2 Å². The molecule has 0 atom stereocenters. The summed E-state index contributed by atoms with van der Waals surface area (Å²) in [5, 5.41) is 3.20. The van der Waals surface area contributed by atoms with Gasteiger partial charge in [0.1, 0.15) is 5.82 Å². The van der Waals surface area contributed by atoms with Gasteiger partial charge in [0.2, 0.25) is 0 Å². The molecule has 0 amide bonds. The van der Waals surface area contributed by atoms with Crippen molar-refractivity contribution in [1.29, 1.82) is 0 Å². The lowest BCUT2D eigenvalue weighted by Gasteiger charge is -2.02. The molecule has 2 aromatic rings. The Hall–Kier alpha value is -0.930. The van der Waals surface area contributed by atoms with Gasteiger partial charge >= 0.3 is 0 Å². The van der Waals surface area contributed by atoms with Crippen molar-refractivity contribution in [2.24, 2.45) is 0 Å². The van der Waals surface area contributed by atoms with Crippen LogP contribution in [0.15, 0.2) is 29.8 Å².